The van der Waals surface area contributed by atoms with Crippen LogP contribution in [-0.4, -0.2) is 11.1 Å². The van der Waals surface area contributed by atoms with Gasteiger partial charge in [-0.15, -0.1) is 0 Å². The number of allylic oxidation sites excluding steroid dienone is 1. The molecule has 3 atom stereocenters. The molecule has 0 spiro atoms. The summed E-state index contributed by atoms with van der Waals surface area (Å²) in [4.78, 5) is 10.4. The van der Waals surface area contributed by atoms with Crippen LogP contribution < -0.4 is 0 Å². The first-order valence-corrected chi connectivity index (χ1v) is 5.43. The zero-order valence-corrected chi connectivity index (χ0v) is 8.86. The van der Waals surface area contributed by atoms with E-state index in [0.29, 0.717) is 11.3 Å². The maximum absolute atomic E-state index is 10.4. The highest BCUT2D eigenvalue weighted by Gasteiger charge is 2.53. The van der Waals surface area contributed by atoms with Crippen molar-refractivity contribution in [1.29, 1.82) is 0 Å². The standard InChI is InChI=1S/C12H18O2/c1-12(2)9-5-3-8(10(12)7-9)4-6-11(13)14/h4,6,8-10H,3,5,7H2,1-2H3,(H,13,14)/b6-4+. The van der Waals surface area contributed by atoms with Crippen molar-refractivity contribution in [1.82, 2.24) is 0 Å². The van der Waals surface area contributed by atoms with Gasteiger partial charge in [0, 0.05) is 6.08 Å². The molecule has 78 valence electrons. The number of hydrogen-bond acceptors (Lipinski definition) is 1. The fourth-order valence-electron chi connectivity index (χ4n) is 3.30. The van der Waals surface area contributed by atoms with E-state index in [4.69, 9.17) is 5.11 Å². The van der Waals surface area contributed by atoms with Crippen LogP contribution in [-0.2, 0) is 4.79 Å². The van der Waals surface area contributed by atoms with Crippen LogP contribution in [0.2, 0.25) is 0 Å². The molecule has 3 saturated carbocycles. The molecule has 1 N–H and O–H groups in total. The van der Waals surface area contributed by atoms with Crippen LogP contribution in [0.3, 0.4) is 0 Å². The largest absolute Gasteiger partial charge is 0.478 e. The first kappa shape index (κ1) is 9.75. The lowest BCUT2D eigenvalue weighted by Gasteiger charge is -2.59. The first-order chi connectivity index (χ1) is 6.51. The van der Waals surface area contributed by atoms with E-state index in [0.717, 1.165) is 11.8 Å². The smallest absolute Gasteiger partial charge is 0.327 e. The summed E-state index contributed by atoms with van der Waals surface area (Å²) in [5, 5.41) is 8.59. The highest BCUT2D eigenvalue weighted by atomic mass is 16.4. The van der Waals surface area contributed by atoms with Crippen LogP contribution in [0.15, 0.2) is 12.2 Å². The molecule has 0 aromatic rings. The average Bonchev–Trinajstić information content (AvgIpc) is 2.14. The van der Waals surface area contributed by atoms with Gasteiger partial charge in [0.25, 0.3) is 0 Å². The molecule has 0 aromatic heterocycles. The Labute approximate surface area is 85.0 Å². The van der Waals surface area contributed by atoms with Gasteiger partial charge in [-0.3, -0.25) is 0 Å². The molecule has 2 heteroatoms. The third-order valence-corrected chi connectivity index (χ3v) is 4.40. The van der Waals surface area contributed by atoms with Gasteiger partial charge in [-0.2, -0.15) is 0 Å². The Bertz CT molecular complexity index is 276. The van der Waals surface area contributed by atoms with Gasteiger partial charge in [0.05, 0.1) is 0 Å². The van der Waals surface area contributed by atoms with Crippen LogP contribution in [0, 0.1) is 23.2 Å². The minimum absolute atomic E-state index is 0.450. The number of carboxylic acid groups (broad SMARTS) is 1. The molecule has 0 aromatic carbocycles. The molecular formula is C12H18O2. The number of carboxylic acids is 1. The van der Waals surface area contributed by atoms with Crippen LogP contribution in [0.1, 0.15) is 33.1 Å². The fourth-order valence-corrected chi connectivity index (χ4v) is 3.30. The normalized spacial score (nSPS) is 39.4. The predicted molar refractivity (Wildman–Crippen MR) is 54.9 cm³/mol. The van der Waals surface area contributed by atoms with Gasteiger partial charge in [0.2, 0.25) is 0 Å². The summed E-state index contributed by atoms with van der Waals surface area (Å²) >= 11 is 0. The molecule has 3 aliphatic rings. The molecule has 2 bridgehead atoms. The van der Waals surface area contributed by atoms with E-state index in [9.17, 15) is 4.79 Å². The van der Waals surface area contributed by atoms with Crippen LogP contribution in [0.25, 0.3) is 0 Å². The van der Waals surface area contributed by atoms with Gasteiger partial charge >= 0.3 is 5.97 Å². The fraction of sp³-hybridized carbons (Fsp3) is 0.750. The topological polar surface area (TPSA) is 37.3 Å². The molecule has 0 saturated heterocycles. The number of carbonyl (C=O) groups is 1. The summed E-state index contributed by atoms with van der Waals surface area (Å²) in [6.07, 6.45) is 6.99. The molecule has 3 fully saturated rings. The van der Waals surface area contributed by atoms with E-state index in [1.807, 2.05) is 6.08 Å². The van der Waals surface area contributed by atoms with Gasteiger partial charge in [0.15, 0.2) is 0 Å². The van der Waals surface area contributed by atoms with Gasteiger partial charge in [0.1, 0.15) is 0 Å². The van der Waals surface area contributed by atoms with Crippen molar-refractivity contribution in [3.05, 3.63) is 12.2 Å². The third kappa shape index (κ3) is 1.37. The van der Waals surface area contributed by atoms with E-state index < -0.39 is 5.97 Å². The maximum atomic E-state index is 10.4. The van der Waals surface area contributed by atoms with Gasteiger partial charge < -0.3 is 5.11 Å². The first-order valence-electron chi connectivity index (χ1n) is 5.43. The van der Waals surface area contributed by atoms with Crippen molar-refractivity contribution in [3.8, 4) is 0 Å². The summed E-state index contributed by atoms with van der Waals surface area (Å²) in [6, 6.07) is 0. The molecule has 3 rings (SSSR count). The summed E-state index contributed by atoms with van der Waals surface area (Å²) in [6.45, 7) is 4.65. The predicted octanol–water partition coefficient (Wildman–Crippen LogP) is 2.70. The van der Waals surface area contributed by atoms with Crippen molar-refractivity contribution in [2.75, 3.05) is 0 Å². The second-order valence-corrected chi connectivity index (χ2v) is 5.30. The molecule has 2 nitrogen and oxygen atoms in total. The Morgan fingerprint density at radius 3 is 2.64 bits per heavy atom. The molecule has 0 radical (unpaired) electrons. The van der Waals surface area contributed by atoms with Crippen molar-refractivity contribution < 1.29 is 9.90 Å². The van der Waals surface area contributed by atoms with Gasteiger partial charge in [-0.25, -0.2) is 4.79 Å². The van der Waals surface area contributed by atoms with E-state index in [1.54, 1.807) is 0 Å². The zero-order valence-electron chi connectivity index (χ0n) is 8.86. The lowest BCUT2D eigenvalue weighted by molar-refractivity contribution is -0.131. The molecule has 0 aliphatic heterocycles. The maximum Gasteiger partial charge on any atom is 0.327 e. The van der Waals surface area contributed by atoms with Crippen molar-refractivity contribution in [2.45, 2.75) is 33.1 Å². The second-order valence-electron chi connectivity index (χ2n) is 5.30. The SMILES string of the molecule is CC1(C)C2CCC(/C=C/C(=O)O)C1C2. The van der Waals surface area contributed by atoms with Crippen LogP contribution >= 0.6 is 0 Å². The molecular weight excluding hydrogens is 176 g/mol. The Morgan fingerprint density at radius 1 is 1.43 bits per heavy atom. The van der Waals surface area contributed by atoms with Crippen molar-refractivity contribution in [3.63, 3.8) is 0 Å². The second kappa shape index (κ2) is 3.11. The quantitative estimate of drug-likeness (QED) is 0.686. The highest BCUT2D eigenvalue weighted by molar-refractivity contribution is 5.79. The molecule has 0 heterocycles. The third-order valence-electron chi connectivity index (χ3n) is 4.40. The number of aliphatic carboxylic acids is 1. The number of hydrogen-bond donors (Lipinski definition) is 1. The zero-order chi connectivity index (χ0) is 10.3. The van der Waals surface area contributed by atoms with E-state index in [1.165, 1.54) is 25.3 Å². The lowest BCUT2D eigenvalue weighted by atomic mass is 9.45. The summed E-state index contributed by atoms with van der Waals surface area (Å²) < 4.78 is 0. The molecule has 14 heavy (non-hydrogen) atoms. The summed E-state index contributed by atoms with van der Waals surface area (Å²) in [5.41, 5.74) is 0.450. The van der Waals surface area contributed by atoms with Gasteiger partial charge in [-0.05, 0) is 42.4 Å². The van der Waals surface area contributed by atoms with Crippen molar-refractivity contribution >= 4 is 5.97 Å². The van der Waals surface area contributed by atoms with Crippen molar-refractivity contribution in [2.24, 2.45) is 23.2 Å². The van der Waals surface area contributed by atoms with Crippen LogP contribution in [0.5, 0.6) is 0 Å². The Morgan fingerprint density at radius 2 is 2.14 bits per heavy atom. The minimum Gasteiger partial charge on any atom is -0.478 e. The Hall–Kier alpha value is -0.790. The number of fused-ring (bicyclic) bond motifs is 2. The lowest BCUT2D eigenvalue weighted by Crippen LogP contribution is -2.51. The average molecular weight is 194 g/mol. The monoisotopic (exact) mass is 194 g/mol. The summed E-state index contributed by atoms with van der Waals surface area (Å²) in [7, 11) is 0. The Kier molecular flexibility index (Phi) is 2.17. The Balaban J connectivity index is 2.04. The molecule has 3 unspecified atom stereocenters. The number of rotatable bonds is 2. The minimum atomic E-state index is -0.816. The van der Waals surface area contributed by atoms with E-state index in [-0.39, 0.29) is 0 Å². The van der Waals surface area contributed by atoms with Gasteiger partial charge in [-0.1, -0.05) is 19.9 Å². The van der Waals surface area contributed by atoms with E-state index >= 15 is 0 Å². The van der Waals surface area contributed by atoms with Crippen LogP contribution in [0.4, 0.5) is 0 Å². The van der Waals surface area contributed by atoms with E-state index in [2.05, 4.69) is 13.8 Å². The highest BCUT2D eigenvalue weighted by Crippen LogP contribution is 2.61. The molecule has 3 aliphatic carbocycles. The summed E-state index contributed by atoms with van der Waals surface area (Å²) in [5.74, 6) is 1.30. The molecule has 0 amide bonds.